The summed E-state index contributed by atoms with van der Waals surface area (Å²) >= 11 is 0. The summed E-state index contributed by atoms with van der Waals surface area (Å²) in [6.45, 7) is 4.35. The Morgan fingerprint density at radius 1 is 1.42 bits per heavy atom. The number of carbonyl (C=O) groups is 1. The van der Waals surface area contributed by atoms with Crippen molar-refractivity contribution in [1.82, 2.24) is 5.32 Å². The molecule has 0 bridgehead atoms. The van der Waals surface area contributed by atoms with Crippen molar-refractivity contribution in [2.45, 2.75) is 32.6 Å². The van der Waals surface area contributed by atoms with Crippen molar-refractivity contribution < 1.29 is 14.3 Å². The second-order valence-corrected chi connectivity index (χ2v) is 4.45. The molecule has 106 valence electrons. The van der Waals surface area contributed by atoms with Crippen LogP contribution in [0.3, 0.4) is 0 Å². The van der Waals surface area contributed by atoms with Crippen LogP contribution in [0, 0.1) is 0 Å². The minimum Gasteiger partial charge on any atom is -0.497 e. The highest BCUT2D eigenvalue weighted by Crippen LogP contribution is 2.13. The third kappa shape index (κ3) is 5.28. The van der Waals surface area contributed by atoms with Crippen molar-refractivity contribution >= 4 is 5.91 Å². The van der Waals surface area contributed by atoms with Gasteiger partial charge in [-0.15, -0.1) is 0 Å². The Hall–Kier alpha value is -1.59. The molecule has 0 radical (unpaired) electrons. The highest BCUT2D eigenvalue weighted by molar-refractivity contribution is 5.80. The van der Waals surface area contributed by atoms with Gasteiger partial charge in [0.05, 0.1) is 13.7 Å². The van der Waals surface area contributed by atoms with E-state index in [1.807, 2.05) is 31.2 Å². The highest BCUT2D eigenvalue weighted by atomic mass is 16.5. The van der Waals surface area contributed by atoms with E-state index < -0.39 is 6.10 Å². The lowest BCUT2D eigenvalue weighted by Gasteiger charge is -2.17. The number of ether oxygens (including phenoxy) is 2. The molecule has 0 aromatic heterocycles. The standard InChI is InChI=1S/C14H22N2O3/c1-10(8-15)16-14(17)11(2)19-9-12-5-4-6-13(7-12)18-3/h4-7,10-11H,8-9,15H2,1-3H3,(H,16,17)/t10-,11?/m0/s1. The Morgan fingerprint density at radius 2 is 2.16 bits per heavy atom. The average Bonchev–Trinajstić information content (AvgIpc) is 2.44. The first-order valence-corrected chi connectivity index (χ1v) is 6.31. The van der Waals surface area contributed by atoms with Gasteiger partial charge in [0.1, 0.15) is 11.9 Å². The number of hydrogen-bond donors (Lipinski definition) is 2. The Labute approximate surface area is 114 Å². The molecule has 0 saturated carbocycles. The summed E-state index contributed by atoms with van der Waals surface area (Å²) in [5.41, 5.74) is 6.41. The van der Waals surface area contributed by atoms with E-state index in [1.165, 1.54) is 0 Å². The summed E-state index contributed by atoms with van der Waals surface area (Å²) in [5.74, 6) is 0.621. The quantitative estimate of drug-likeness (QED) is 0.774. The third-order valence-corrected chi connectivity index (χ3v) is 2.75. The predicted octanol–water partition coefficient (Wildman–Crippen LogP) is 1.06. The monoisotopic (exact) mass is 266 g/mol. The SMILES string of the molecule is COc1cccc(COC(C)C(=O)N[C@@H](C)CN)c1. The zero-order valence-electron chi connectivity index (χ0n) is 11.7. The molecule has 0 aliphatic rings. The van der Waals surface area contributed by atoms with Crippen molar-refractivity contribution in [3.63, 3.8) is 0 Å². The van der Waals surface area contributed by atoms with Crippen LogP contribution in [0.4, 0.5) is 0 Å². The van der Waals surface area contributed by atoms with Crippen molar-refractivity contribution in [2.24, 2.45) is 5.73 Å². The highest BCUT2D eigenvalue weighted by Gasteiger charge is 2.15. The summed E-state index contributed by atoms with van der Waals surface area (Å²) in [5, 5.41) is 2.77. The van der Waals surface area contributed by atoms with Crippen LogP contribution in [-0.4, -0.2) is 31.7 Å². The van der Waals surface area contributed by atoms with Gasteiger partial charge in [-0.05, 0) is 31.5 Å². The van der Waals surface area contributed by atoms with Crippen molar-refractivity contribution in [2.75, 3.05) is 13.7 Å². The first-order chi connectivity index (χ1) is 9.06. The van der Waals surface area contributed by atoms with Gasteiger partial charge in [-0.2, -0.15) is 0 Å². The number of methoxy groups -OCH3 is 1. The minimum absolute atomic E-state index is 0.0460. The molecule has 1 aromatic carbocycles. The molecule has 1 aromatic rings. The molecule has 5 nitrogen and oxygen atoms in total. The Morgan fingerprint density at radius 3 is 2.79 bits per heavy atom. The molecular formula is C14H22N2O3. The van der Waals surface area contributed by atoms with Crippen molar-refractivity contribution in [1.29, 1.82) is 0 Å². The molecular weight excluding hydrogens is 244 g/mol. The van der Waals surface area contributed by atoms with E-state index >= 15 is 0 Å². The second-order valence-electron chi connectivity index (χ2n) is 4.45. The van der Waals surface area contributed by atoms with Gasteiger partial charge in [-0.3, -0.25) is 4.79 Å². The maximum Gasteiger partial charge on any atom is 0.249 e. The van der Waals surface area contributed by atoms with Crippen LogP contribution in [0.25, 0.3) is 0 Å². The van der Waals surface area contributed by atoms with E-state index in [9.17, 15) is 4.79 Å². The van der Waals surface area contributed by atoms with Crippen LogP contribution in [0.1, 0.15) is 19.4 Å². The first kappa shape index (κ1) is 15.5. The van der Waals surface area contributed by atoms with Gasteiger partial charge >= 0.3 is 0 Å². The zero-order chi connectivity index (χ0) is 14.3. The van der Waals surface area contributed by atoms with Gasteiger partial charge in [0.15, 0.2) is 0 Å². The van der Waals surface area contributed by atoms with E-state index in [0.29, 0.717) is 13.2 Å². The van der Waals surface area contributed by atoms with Gasteiger partial charge in [-0.25, -0.2) is 0 Å². The van der Waals surface area contributed by atoms with Gasteiger partial charge in [0.2, 0.25) is 5.91 Å². The molecule has 0 heterocycles. The molecule has 2 atom stereocenters. The Kier molecular flexibility index (Phi) is 6.32. The fourth-order valence-corrected chi connectivity index (χ4v) is 1.48. The molecule has 0 aliphatic carbocycles. The van der Waals surface area contributed by atoms with Crippen LogP contribution in [0.15, 0.2) is 24.3 Å². The number of nitrogens with two attached hydrogens (primary N) is 1. The van der Waals surface area contributed by atoms with E-state index in [2.05, 4.69) is 5.32 Å². The van der Waals surface area contributed by atoms with Gasteiger partial charge < -0.3 is 20.5 Å². The first-order valence-electron chi connectivity index (χ1n) is 6.31. The van der Waals surface area contributed by atoms with E-state index in [1.54, 1.807) is 14.0 Å². The average molecular weight is 266 g/mol. The number of amides is 1. The normalized spacial score (nSPS) is 13.7. The van der Waals surface area contributed by atoms with Crippen LogP contribution in [-0.2, 0) is 16.1 Å². The smallest absolute Gasteiger partial charge is 0.249 e. The fraction of sp³-hybridized carbons (Fsp3) is 0.500. The lowest BCUT2D eigenvalue weighted by molar-refractivity contribution is -0.133. The van der Waals surface area contributed by atoms with E-state index in [4.69, 9.17) is 15.2 Å². The van der Waals surface area contributed by atoms with Crippen LogP contribution in [0.5, 0.6) is 5.75 Å². The fourth-order valence-electron chi connectivity index (χ4n) is 1.48. The molecule has 19 heavy (non-hydrogen) atoms. The summed E-state index contributed by atoms with van der Waals surface area (Å²) in [6.07, 6.45) is -0.514. The zero-order valence-corrected chi connectivity index (χ0v) is 11.7. The largest absolute Gasteiger partial charge is 0.497 e. The Balaban J connectivity index is 2.44. The van der Waals surface area contributed by atoms with Crippen LogP contribution < -0.4 is 15.8 Å². The number of benzene rings is 1. The van der Waals surface area contributed by atoms with Crippen molar-refractivity contribution in [3.05, 3.63) is 29.8 Å². The summed E-state index contributed by atoms with van der Waals surface area (Å²) in [6, 6.07) is 7.51. The van der Waals surface area contributed by atoms with Crippen LogP contribution >= 0.6 is 0 Å². The molecule has 3 N–H and O–H groups in total. The number of nitrogens with one attached hydrogen (secondary N) is 1. The third-order valence-electron chi connectivity index (χ3n) is 2.75. The van der Waals surface area contributed by atoms with Gasteiger partial charge in [-0.1, -0.05) is 12.1 Å². The second kappa shape index (κ2) is 7.76. The van der Waals surface area contributed by atoms with Crippen LogP contribution in [0.2, 0.25) is 0 Å². The van der Waals surface area contributed by atoms with Crippen molar-refractivity contribution in [3.8, 4) is 5.75 Å². The molecule has 0 fully saturated rings. The maximum absolute atomic E-state index is 11.7. The molecule has 1 amide bonds. The molecule has 0 spiro atoms. The molecule has 0 aliphatic heterocycles. The maximum atomic E-state index is 11.7. The van der Waals surface area contributed by atoms with Gasteiger partial charge in [0, 0.05) is 12.6 Å². The van der Waals surface area contributed by atoms with E-state index in [-0.39, 0.29) is 11.9 Å². The summed E-state index contributed by atoms with van der Waals surface area (Å²) < 4.78 is 10.7. The van der Waals surface area contributed by atoms with Gasteiger partial charge in [0.25, 0.3) is 0 Å². The topological polar surface area (TPSA) is 73.6 Å². The lowest BCUT2D eigenvalue weighted by Crippen LogP contribution is -2.43. The molecule has 1 rings (SSSR count). The van der Waals surface area contributed by atoms with E-state index in [0.717, 1.165) is 11.3 Å². The number of carbonyl (C=O) groups excluding carboxylic acids is 1. The lowest BCUT2D eigenvalue weighted by atomic mass is 10.2. The number of hydrogen-bond acceptors (Lipinski definition) is 4. The number of rotatable bonds is 7. The molecule has 0 saturated heterocycles. The molecule has 1 unspecified atom stereocenters. The molecule has 5 heteroatoms. The minimum atomic E-state index is -0.514. The predicted molar refractivity (Wildman–Crippen MR) is 73.9 cm³/mol. The Bertz CT molecular complexity index is 409. The summed E-state index contributed by atoms with van der Waals surface area (Å²) in [4.78, 5) is 11.7. The summed E-state index contributed by atoms with van der Waals surface area (Å²) in [7, 11) is 1.62.